The molecule has 1 aromatic heterocycles. The van der Waals surface area contributed by atoms with E-state index in [1.807, 2.05) is 12.4 Å². The summed E-state index contributed by atoms with van der Waals surface area (Å²) in [5.41, 5.74) is -0.468. The molecule has 0 atom stereocenters. The predicted octanol–water partition coefficient (Wildman–Crippen LogP) is 6.18. The Labute approximate surface area is 216 Å². The van der Waals surface area contributed by atoms with Crippen LogP contribution >= 0.6 is 0 Å². The summed E-state index contributed by atoms with van der Waals surface area (Å²) < 4.78 is 26.2. The molecular formula is C26H49BN2O4Si2. The third kappa shape index (κ3) is 5.50. The van der Waals surface area contributed by atoms with Gasteiger partial charge in [0.05, 0.1) is 17.3 Å². The Balaban J connectivity index is 1.86. The molecule has 1 aliphatic heterocycles. The molecule has 2 heterocycles. The summed E-state index contributed by atoms with van der Waals surface area (Å²) in [6, 6.07) is 0. The van der Waals surface area contributed by atoms with Crippen LogP contribution in [-0.2, 0) is 23.8 Å². The van der Waals surface area contributed by atoms with Gasteiger partial charge in [-0.25, -0.2) is 9.97 Å². The van der Waals surface area contributed by atoms with Gasteiger partial charge in [-0.3, -0.25) is 0 Å². The highest BCUT2D eigenvalue weighted by molar-refractivity contribution is 6.74. The number of rotatable bonds is 6. The van der Waals surface area contributed by atoms with E-state index >= 15 is 0 Å². The van der Waals surface area contributed by atoms with Crippen molar-refractivity contribution in [3.8, 4) is 0 Å². The Morgan fingerprint density at radius 3 is 1.66 bits per heavy atom. The summed E-state index contributed by atoms with van der Waals surface area (Å²) in [5, 5.41) is 0.264. The van der Waals surface area contributed by atoms with Gasteiger partial charge in [0.15, 0.2) is 22.5 Å². The van der Waals surface area contributed by atoms with Crippen LogP contribution in [0.25, 0.3) is 0 Å². The molecule has 35 heavy (non-hydrogen) atoms. The van der Waals surface area contributed by atoms with Gasteiger partial charge in [0.2, 0.25) is 0 Å². The Kier molecular flexibility index (Phi) is 7.23. The molecule has 1 aromatic rings. The van der Waals surface area contributed by atoms with E-state index in [-0.39, 0.29) is 16.2 Å². The zero-order valence-electron chi connectivity index (χ0n) is 24.8. The van der Waals surface area contributed by atoms with Gasteiger partial charge in [0.25, 0.3) is 0 Å². The van der Waals surface area contributed by atoms with Crippen molar-refractivity contribution in [2.45, 2.75) is 141 Å². The Morgan fingerprint density at radius 2 is 1.26 bits per heavy atom. The number of hydrogen-bond acceptors (Lipinski definition) is 6. The lowest BCUT2D eigenvalue weighted by molar-refractivity contribution is -0.108. The van der Waals surface area contributed by atoms with Gasteiger partial charge in [0, 0.05) is 30.7 Å². The van der Waals surface area contributed by atoms with Crippen molar-refractivity contribution in [3.63, 3.8) is 0 Å². The topological polar surface area (TPSA) is 62.7 Å². The Bertz CT molecular complexity index is 899. The van der Waals surface area contributed by atoms with E-state index in [2.05, 4.69) is 95.4 Å². The molecule has 2 aliphatic rings. The van der Waals surface area contributed by atoms with Crippen molar-refractivity contribution >= 4 is 29.2 Å². The fourth-order valence-electron chi connectivity index (χ4n) is 3.98. The maximum atomic E-state index is 7.06. The van der Waals surface area contributed by atoms with Crippen LogP contribution in [-0.4, -0.2) is 51.0 Å². The van der Waals surface area contributed by atoms with Gasteiger partial charge in [-0.1, -0.05) is 41.5 Å². The highest BCUT2D eigenvalue weighted by Crippen LogP contribution is 2.52. The molecule has 1 aliphatic carbocycles. The largest absolute Gasteiger partial charge is 0.498 e. The number of hydrogen-bond donors (Lipinski definition) is 0. The molecule has 3 rings (SSSR count). The van der Waals surface area contributed by atoms with Crippen molar-refractivity contribution in [1.82, 2.24) is 9.97 Å². The van der Waals surface area contributed by atoms with E-state index in [0.717, 1.165) is 24.1 Å². The van der Waals surface area contributed by atoms with Gasteiger partial charge in [-0.05, 0) is 64.0 Å². The average molecular weight is 521 g/mol. The molecule has 0 amide bonds. The van der Waals surface area contributed by atoms with Crippen LogP contribution in [0.5, 0.6) is 0 Å². The van der Waals surface area contributed by atoms with Crippen LogP contribution in [0.2, 0.25) is 36.3 Å². The normalized spacial score (nSPS) is 27.1. The standard InChI is InChI=1S/C26H49BN2O4Si2/c1-22(2,3)34(11,12)30-20-15-26(16-20,33-35(13,14)23(4,5)6)21-28-17-19(18-29-21)27-31-24(7,8)25(9,10)32-27/h17-18,20H,15-16H2,1-14H3/t20-,26+. The lowest BCUT2D eigenvalue weighted by Gasteiger charge is -2.54. The molecule has 0 aromatic carbocycles. The monoisotopic (exact) mass is 520 g/mol. The van der Waals surface area contributed by atoms with Crippen LogP contribution < -0.4 is 5.46 Å². The van der Waals surface area contributed by atoms with Crippen molar-refractivity contribution in [3.05, 3.63) is 18.2 Å². The molecule has 198 valence electrons. The van der Waals surface area contributed by atoms with Gasteiger partial charge >= 0.3 is 7.12 Å². The first-order chi connectivity index (χ1) is 15.5. The minimum absolute atomic E-state index is 0.0913. The molecule has 2 fully saturated rings. The summed E-state index contributed by atoms with van der Waals surface area (Å²) >= 11 is 0. The minimum atomic E-state index is -2.07. The van der Waals surface area contributed by atoms with Crippen LogP contribution in [0, 0.1) is 0 Å². The molecule has 0 unspecified atom stereocenters. The first-order valence-corrected chi connectivity index (χ1v) is 18.9. The maximum absolute atomic E-state index is 7.06. The SMILES string of the molecule is CC1(C)OB(c2cnc([C@]3(O[Si](C)(C)C(C)(C)C)C[C@@H](O[Si](C)(C)C(C)(C)C)C3)nc2)OC1(C)C. The van der Waals surface area contributed by atoms with E-state index in [9.17, 15) is 0 Å². The zero-order valence-corrected chi connectivity index (χ0v) is 26.8. The third-order valence-corrected chi connectivity index (χ3v) is 18.3. The summed E-state index contributed by atoms with van der Waals surface area (Å²) in [5.74, 6) is 0.748. The molecule has 0 radical (unpaired) electrons. The first kappa shape index (κ1) is 29.0. The fraction of sp³-hybridized carbons (Fsp3) is 0.846. The average Bonchev–Trinajstić information content (AvgIpc) is 2.85. The predicted molar refractivity (Wildman–Crippen MR) is 149 cm³/mol. The van der Waals surface area contributed by atoms with Crippen molar-refractivity contribution < 1.29 is 18.2 Å². The van der Waals surface area contributed by atoms with Gasteiger partial charge in [-0.2, -0.15) is 0 Å². The first-order valence-electron chi connectivity index (χ1n) is 13.1. The minimum Gasteiger partial charge on any atom is -0.414 e. The van der Waals surface area contributed by atoms with E-state index in [0.29, 0.717) is 0 Å². The summed E-state index contributed by atoms with van der Waals surface area (Å²) in [4.78, 5) is 9.68. The number of aromatic nitrogens is 2. The van der Waals surface area contributed by atoms with Gasteiger partial charge in [0.1, 0.15) is 5.60 Å². The van der Waals surface area contributed by atoms with Crippen LogP contribution in [0.4, 0.5) is 0 Å². The zero-order chi connectivity index (χ0) is 26.9. The van der Waals surface area contributed by atoms with Gasteiger partial charge < -0.3 is 18.2 Å². The summed E-state index contributed by atoms with van der Waals surface area (Å²) in [6.07, 6.45) is 5.46. The van der Waals surface area contributed by atoms with Crippen molar-refractivity contribution in [2.75, 3.05) is 0 Å². The molecule has 1 saturated carbocycles. The van der Waals surface area contributed by atoms with Crippen LogP contribution in [0.3, 0.4) is 0 Å². The molecule has 1 saturated heterocycles. The second kappa shape index (κ2) is 8.73. The third-order valence-electron chi connectivity index (χ3n) is 9.24. The second-order valence-corrected chi connectivity index (χ2v) is 24.2. The van der Waals surface area contributed by atoms with Crippen molar-refractivity contribution in [1.29, 1.82) is 0 Å². The summed E-state index contributed by atoms with van der Waals surface area (Å²) in [6.45, 7) is 31.1. The van der Waals surface area contributed by atoms with E-state index < -0.39 is 40.6 Å². The maximum Gasteiger partial charge on any atom is 0.498 e. The second-order valence-electron chi connectivity index (χ2n) is 14.7. The molecule has 9 heteroatoms. The molecular weight excluding hydrogens is 471 g/mol. The molecule has 0 spiro atoms. The van der Waals surface area contributed by atoms with Crippen molar-refractivity contribution in [2.24, 2.45) is 0 Å². The van der Waals surface area contributed by atoms with Crippen LogP contribution in [0.1, 0.15) is 87.9 Å². The molecule has 6 nitrogen and oxygen atoms in total. The highest BCUT2D eigenvalue weighted by atomic mass is 28.4. The van der Waals surface area contributed by atoms with E-state index in [4.69, 9.17) is 28.1 Å². The lowest BCUT2D eigenvalue weighted by atomic mass is 9.76. The van der Waals surface area contributed by atoms with E-state index in [1.165, 1.54) is 0 Å². The fourth-order valence-corrected chi connectivity index (χ4v) is 6.87. The number of nitrogens with zero attached hydrogens (tertiary/aromatic N) is 2. The molecule has 0 N–H and O–H groups in total. The Hall–Kier alpha value is -0.581. The molecule has 0 bridgehead atoms. The lowest BCUT2D eigenvalue weighted by Crippen LogP contribution is -2.59. The quantitative estimate of drug-likeness (QED) is 0.418. The Morgan fingerprint density at radius 1 is 0.829 bits per heavy atom. The van der Waals surface area contributed by atoms with Gasteiger partial charge in [-0.15, -0.1) is 0 Å². The highest BCUT2D eigenvalue weighted by Gasteiger charge is 2.57. The smallest absolute Gasteiger partial charge is 0.414 e. The summed E-state index contributed by atoms with van der Waals surface area (Å²) in [7, 11) is -4.41. The van der Waals surface area contributed by atoms with E-state index in [1.54, 1.807) is 0 Å². The van der Waals surface area contributed by atoms with Crippen LogP contribution in [0.15, 0.2) is 12.4 Å².